The van der Waals surface area contributed by atoms with Crippen LogP contribution in [0.4, 0.5) is 13.2 Å². The van der Waals surface area contributed by atoms with Crippen molar-refractivity contribution in [3.8, 4) is 5.75 Å². The highest BCUT2D eigenvalue weighted by Crippen LogP contribution is 2.41. The van der Waals surface area contributed by atoms with E-state index in [-0.39, 0.29) is 0 Å². The predicted octanol–water partition coefficient (Wildman–Crippen LogP) is 3.75. The number of methoxy groups -OCH3 is 1. The van der Waals surface area contributed by atoms with Gasteiger partial charge in [-0.3, -0.25) is 4.90 Å². The van der Waals surface area contributed by atoms with Crippen LogP contribution in [-0.2, 0) is 0 Å². The fourth-order valence-corrected chi connectivity index (χ4v) is 3.42. The van der Waals surface area contributed by atoms with Gasteiger partial charge in [0.15, 0.2) is 0 Å². The molecule has 2 aromatic carbocycles. The molecule has 130 valence electrons. The van der Waals surface area contributed by atoms with Gasteiger partial charge in [-0.1, -0.05) is 30.3 Å². The van der Waals surface area contributed by atoms with Crippen LogP contribution >= 0.6 is 0 Å². The maximum Gasteiger partial charge on any atom is 0.390 e. The Bertz CT molecular complexity index is 696. The molecule has 0 bridgehead atoms. The second-order valence-electron chi connectivity index (χ2n) is 6.02. The molecular formula is C18H21F3N2O. The van der Waals surface area contributed by atoms with Gasteiger partial charge in [-0.15, -0.1) is 0 Å². The maximum absolute atomic E-state index is 13.3. The molecule has 1 saturated heterocycles. The zero-order chi connectivity index (χ0) is 17.2. The minimum atomic E-state index is -4.24. The largest absolute Gasteiger partial charge is 0.496 e. The van der Waals surface area contributed by atoms with Gasteiger partial charge in [-0.05, 0) is 16.8 Å². The topological polar surface area (TPSA) is 24.5 Å². The third kappa shape index (κ3) is 3.65. The molecule has 3 nitrogen and oxygen atoms in total. The lowest BCUT2D eigenvalue weighted by molar-refractivity contribution is -0.148. The van der Waals surface area contributed by atoms with Gasteiger partial charge in [-0.25, -0.2) is 0 Å². The summed E-state index contributed by atoms with van der Waals surface area (Å²) in [5.41, 5.74) is 0.634. The molecule has 1 aliphatic heterocycles. The molecule has 0 radical (unpaired) electrons. The first kappa shape index (κ1) is 17.0. The molecular weight excluding hydrogens is 317 g/mol. The zero-order valence-corrected chi connectivity index (χ0v) is 13.6. The third-order valence-electron chi connectivity index (χ3n) is 4.50. The van der Waals surface area contributed by atoms with E-state index in [2.05, 4.69) is 5.32 Å². The first-order chi connectivity index (χ1) is 11.5. The van der Waals surface area contributed by atoms with Gasteiger partial charge >= 0.3 is 6.18 Å². The van der Waals surface area contributed by atoms with E-state index >= 15 is 0 Å². The van der Waals surface area contributed by atoms with Gasteiger partial charge < -0.3 is 10.1 Å². The monoisotopic (exact) mass is 338 g/mol. The van der Waals surface area contributed by atoms with E-state index < -0.39 is 18.6 Å². The van der Waals surface area contributed by atoms with Crippen LogP contribution in [-0.4, -0.2) is 44.4 Å². The van der Waals surface area contributed by atoms with E-state index in [1.165, 1.54) is 7.11 Å². The van der Waals surface area contributed by atoms with Gasteiger partial charge in [0.25, 0.3) is 0 Å². The minimum absolute atomic E-state index is 0.515. The van der Waals surface area contributed by atoms with Gasteiger partial charge in [-0.2, -0.15) is 13.2 Å². The number of ether oxygens (including phenoxy) is 1. The predicted molar refractivity (Wildman–Crippen MR) is 88.4 cm³/mol. The van der Waals surface area contributed by atoms with Gasteiger partial charge in [0.05, 0.1) is 13.5 Å². The van der Waals surface area contributed by atoms with Crippen LogP contribution in [0.2, 0.25) is 0 Å². The fourth-order valence-electron chi connectivity index (χ4n) is 3.42. The highest BCUT2D eigenvalue weighted by Gasteiger charge is 2.37. The summed E-state index contributed by atoms with van der Waals surface area (Å²) >= 11 is 0. The van der Waals surface area contributed by atoms with E-state index in [1.807, 2.05) is 35.2 Å². The summed E-state index contributed by atoms with van der Waals surface area (Å²) < 4.78 is 45.3. The van der Waals surface area contributed by atoms with Crippen LogP contribution in [0.25, 0.3) is 10.8 Å². The molecule has 1 fully saturated rings. The van der Waals surface area contributed by atoms with Crippen LogP contribution in [0, 0.1) is 0 Å². The summed E-state index contributed by atoms with van der Waals surface area (Å²) in [7, 11) is 1.51. The highest BCUT2D eigenvalue weighted by atomic mass is 19.4. The Morgan fingerprint density at radius 1 is 1.12 bits per heavy atom. The van der Waals surface area contributed by atoms with Crippen molar-refractivity contribution in [2.24, 2.45) is 0 Å². The number of rotatable bonds is 4. The lowest BCUT2D eigenvalue weighted by Crippen LogP contribution is -2.46. The molecule has 6 heteroatoms. The lowest BCUT2D eigenvalue weighted by atomic mass is 9.93. The molecule has 0 saturated carbocycles. The molecule has 0 amide bonds. The Balaban J connectivity index is 2.13. The Hall–Kier alpha value is -1.79. The lowest BCUT2D eigenvalue weighted by Gasteiger charge is -2.36. The average molecular weight is 338 g/mol. The standard InChI is InChI=1S/C18H21F3N2O/c1-24-16-7-6-13-4-2-3-5-14(13)17(16)15(12-18(19,20)21)23-10-8-22-9-11-23/h2-7,15,22H,8-12H2,1H3/t15-/m0/s1. The molecule has 1 heterocycles. The van der Waals surface area contributed by atoms with Crippen LogP contribution in [0.15, 0.2) is 36.4 Å². The summed E-state index contributed by atoms with van der Waals surface area (Å²) in [6.07, 6.45) is -5.12. The number of nitrogens with zero attached hydrogens (tertiary/aromatic N) is 1. The van der Waals surface area contributed by atoms with Crippen molar-refractivity contribution in [3.63, 3.8) is 0 Å². The molecule has 1 atom stereocenters. The number of hydrogen-bond acceptors (Lipinski definition) is 3. The van der Waals surface area contributed by atoms with E-state index in [4.69, 9.17) is 4.74 Å². The number of hydrogen-bond donors (Lipinski definition) is 1. The summed E-state index contributed by atoms with van der Waals surface area (Å²) in [5.74, 6) is 0.515. The summed E-state index contributed by atoms with van der Waals surface area (Å²) in [5, 5.41) is 4.95. The van der Waals surface area contributed by atoms with Gasteiger partial charge in [0.2, 0.25) is 0 Å². The van der Waals surface area contributed by atoms with Crippen LogP contribution < -0.4 is 10.1 Å². The first-order valence-electron chi connectivity index (χ1n) is 8.07. The van der Waals surface area contributed by atoms with Crippen molar-refractivity contribution < 1.29 is 17.9 Å². The molecule has 2 aromatic rings. The summed E-state index contributed by atoms with van der Waals surface area (Å²) in [6.45, 7) is 2.57. The van der Waals surface area contributed by atoms with Gasteiger partial charge in [0, 0.05) is 37.8 Å². The van der Waals surface area contributed by atoms with Gasteiger partial charge in [0.1, 0.15) is 5.75 Å². The number of alkyl halides is 3. The molecule has 0 aliphatic carbocycles. The van der Waals surface area contributed by atoms with E-state index in [1.54, 1.807) is 6.07 Å². The Morgan fingerprint density at radius 2 is 1.83 bits per heavy atom. The Morgan fingerprint density at radius 3 is 2.50 bits per heavy atom. The van der Waals surface area contributed by atoms with Crippen molar-refractivity contribution in [3.05, 3.63) is 42.0 Å². The Kier molecular flexibility index (Phi) is 4.96. The average Bonchev–Trinajstić information content (AvgIpc) is 2.59. The number of piperazine rings is 1. The fraction of sp³-hybridized carbons (Fsp3) is 0.444. The first-order valence-corrected chi connectivity index (χ1v) is 8.07. The molecule has 3 rings (SSSR count). The van der Waals surface area contributed by atoms with Crippen molar-refractivity contribution in [1.82, 2.24) is 10.2 Å². The number of benzene rings is 2. The van der Waals surface area contributed by atoms with E-state index in [0.717, 1.165) is 10.8 Å². The van der Waals surface area contributed by atoms with Crippen molar-refractivity contribution in [1.29, 1.82) is 0 Å². The second-order valence-corrected chi connectivity index (χ2v) is 6.02. The minimum Gasteiger partial charge on any atom is -0.496 e. The second kappa shape index (κ2) is 6.99. The summed E-state index contributed by atoms with van der Waals surface area (Å²) in [4.78, 5) is 1.91. The van der Waals surface area contributed by atoms with E-state index in [9.17, 15) is 13.2 Å². The Labute approximate surface area is 139 Å². The van der Waals surface area contributed by atoms with E-state index in [0.29, 0.717) is 37.5 Å². The number of fused-ring (bicyclic) bond motifs is 1. The maximum atomic E-state index is 13.3. The molecule has 1 aliphatic rings. The quantitative estimate of drug-likeness (QED) is 0.919. The summed E-state index contributed by atoms with van der Waals surface area (Å²) in [6, 6.07) is 10.5. The molecule has 1 N–H and O–H groups in total. The number of halogens is 3. The highest BCUT2D eigenvalue weighted by molar-refractivity contribution is 5.88. The normalized spacial score (nSPS) is 17.8. The molecule has 0 spiro atoms. The van der Waals surface area contributed by atoms with Crippen LogP contribution in [0.3, 0.4) is 0 Å². The SMILES string of the molecule is COc1ccc2ccccc2c1[C@H](CC(F)(F)F)N1CCNCC1. The molecule has 0 unspecified atom stereocenters. The smallest absolute Gasteiger partial charge is 0.390 e. The van der Waals surface area contributed by atoms with Crippen molar-refractivity contribution in [2.45, 2.75) is 18.6 Å². The number of nitrogens with one attached hydrogen (secondary N) is 1. The third-order valence-corrected chi connectivity index (χ3v) is 4.50. The van der Waals surface area contributed by atoms with Crippen LogP contribution in [0.5, 0.6) is 5.75 Å². The zero-order valence-electron chi connectivity index (χ0n) is 13.6. The van der Waals surface area contributed by atoms with Crippen molar-refractivity contribution >= 4 is 10.8 Å². The van der Waals surface area contributed by atoms with Crippen LogP contribution in [0.1, 0.15) is 18.0 Å². The molecule has 0 aromatic heterocycles. The molecule has 24 heavy (non-hydrogen) atoms. The van der Waals surface area contributed by atoms with Crippen molar-refractivity contribution in [2.75, 3.05) is 33.3 Å².